The molecule has 0 rings (SSSR count). The van der Waals surface area contributed by atoms with Crippen LogP contribution >= 0.6 is 0 Å². The lowest BCUT2D eigenvalue weighted by Gasteiger charge is -2.20. The average Bonchev–Trinajstić information content (AvgIpc) is 2.02. The van der Waals surface area contributed by atoms with Crippen LogP contribution in [-0.2, 0) is 0 Å². The molecule has 0 amide bonds. The summed E-state index contributed by atoms with van der Waals surface area (Å²) in [6.07, 6.45) is 1.33. The first-order valence-electron chi connectivity index (χ1n) is 4.25. The molecule has 0 aliphatic rings. The molecule has 0 aromatic rings. The summed E-state index contributed by atoms with van der Waals surface area (Å²) in [5.41, 5.74) is 11.1. The third-order valence-corrected chi connectivity index (χ3v) is 2.12. The fourth-order valence-corrected chi connectivity index (χ4v) is 1.00. The van der Waals surface area contributed by atoms with Gasteiger partial charge in [0.2, 0.25) is 0 Å². The van der Waals surface area contributed by atoms with E-state index in [0.29, 0.717) is 12.5 Å². The maximum absolute atomic E-state index is 9.28. The van der Waals surface area contributed by atoms with Crippen molar-refractivity contribution in [2.75, 3.05) is 6.54 Å². The van der Waals surface area contributed by atoms with Gasteiger partial charge in [-0.1, -0.05) is 13.8 Å². The second kappa shape index (κ2) is 5.52. The van der Waals surface area contributed by atoms with Gasteiger partial charge in [0, 0.05) is 12.6 Å². The first-order valence-corrected chi connectivity index (χ1v) is 4.25. The van der Waals surface area contributed by atoms with Crippen molar-refractivity contribution in [1.82, 2.24) is 0 Å². The van der Waals surface area contributed by atoms with Crippen LogP contribution in [-0.4, -0.2) is 23.8 Å². The third kappa shape index (κ3) is 4.35. The Labute approximate surface area is 68.8 Å². The summed E-state index contributed by atoms with van der Waals surface area (Å²) < 4.78 is 0. The third-order valence-electron chi connectivity index (χ3n) is 2.12. The molecule has 0 aromatic carbocycles. The summed E-state index contributed by atoms with van der Waals surface area (Å²) in [6, 6.07) is 0.0243. The molecule has 3 atom stereocenters. The highest BCUT2D eigenvalue weighted by atomic mass is 16.3. The van der Waals surface area contributed by atoms with E-state index < -0.39 is 0 Å². The van der Waals surface area contributed by atoms with Crippen molar-refractivity contribution in [3.63, 3.8) is 0 Å². The monoisotopic (exact) mass is 160 g/mol. The van der Waals surface area contributed by atoms with Crippen LogP contribution in [0.3, 0.4) is 0 Å². The van der Waals surface area contributed by atoms with Crippen molar-refractivity contribution in [2.45, 2.75) is 38.8 Å². The lowest BCUT2D eigenvalue weighted by molar-refractivity contribution is 0.136. The molecule has 5 N–H and O–H groups in total. The number of hydrogen-bond donors (Lipinski definition) is 3. The van der Waals surface area contributed by atoms with Gasteiger partial charge in [0.25, 0.3) is 0 Å². The van der Waals surface area contributed by atoms with E-state index in [9.17, 15) is 5.11 Å². The zero-order valence-electron chi connectivity index (χ0n) is 7.46. The van der Waals surface area contributed by atoms with Crippen LogP contribution in [0.2, 0.25) is 0 Å². The number of aliphatic hydroxyl groups excluding tert-OH is 1. The van der Waals surface area contributed by atoms with Crippen molar-refractivity contribution < 1.29 is 5.11 Å². The van der Waals surface area contributed by atoms with Crippen LogP contribution in [0.15, 0.2) is 0 Å². The minimum atomic E-state index is -0.220. The Morgan fingerprint density at radius 3 is 2.36 bits per heavy atom. The van der Waals surface area contributed by atoms with E-state index in [-0.39, 0.29) is 12.1 Å². The molecule has 0 spiro atoms. The Hall–Kier alpha value is -0.120. The molecule has 3 heteroatoms. The molecule has 3 unspecified atom stereocenters. The van der Waals surface area contributed by atoms with Crippen molar-refractivity contribution in [3.05, 3.63) is 0 Å². The van der Waals surface area contributed by atoms with E-state index in [1.807, 2.05) is 13.8 Å². The molecule has 0 heterocycles. The Balaban J connectivity index is 3.58. The second-order valence-electron chi connectivity index (χ2n) is 3.17. The highest BCUT2D eigenvalue weighted by Gasteiger charge is 2.14. The normalized spacial score (nSPS) is 19.4. The van der Waals surface area contributed by atoms with Gasteiger partial charge in [0.1, 0.15) is 0 Å². The van der Waals surface area contributed by atoms with Gasteiger partial charge in [-0.2, -0.15) is 0 Å². The van der Waals surface area contributed by atoms with Crippen molar-refractivity contribution in [1.29, 1.82) is 0 Å². The van der Waals surface area contributed by atoms with Crippen LogP contribution in [0.25, 0.3) is 0 Å². The molecule has 0 saturated heterocycles. The number of hydrogen-bond acceptors (Lipinski definition) is 3. The smallest absolute Gasteiger partial charge is 0.0540 e. The number of aliphatic hydroxyl groups is 1. The number of rotatable bonds is 5. The first kappa shape index (κ1) is 10.9. The highest BCUT2D eigenvalue weighted by Crippen LogP contribution is 2.10. The lowest BCUT2D eigenvalue weighted by Crippen LogP contribution is -2.37. The van der Waals surface area contributed by atoms with E-state index in [1.54, 1.807) is 0 Å². The molecule has 3 nitrogen and oxygen atoms in total. The summed E-state index contributed by atoms with van der Waals surface area (Å²) in [7, 11) is 0. The van der Waals surface area contributed by atoms with Gasteiger partial charge >= 0.3 is 0 Å². The summed E-state index contributed by atoms with van der Waals surface area (Å²) >= 11 is 0. The van der Waals surface area contributed by atoms with E-state index in [1.165, 1.54) is 0 Å². The molecular weight excluding hydrogens is 140 g/mol. The van der Waals surface area contributed by atoms with Crippen molar-refractivity contribution in [3.8, 4) is 0 Å². The van der Waals surface area contributed by atoms with E-state index in [2.05, 4.69) is 0 Å². The molecular formula is C8H20N2O. The fourth-order valence-electron chi connectivity index (χ4n) is 1.00. The Morgan fingerprint density at radius 2 is 2.00 bits per heavy atom. The van der Waals surface area contributed by atoms with Crippen LogP contribution in [0.1, 0.15) is 26.7 Å². The first-order chi connectivity index (χ1) is 5.11. The summed E-state index contributed by atoms with van der Waals surface area (Å²) in [4.78, 5) is 0. The number of nitrogens with two attached hydrogens (primary N) is 2. The van der Waals surface area contributed by atoms with E-state index in [4.69, 9.17) is 11.5 Å². The quantitative estimate of drug-likeness (QED) is 0.533. The standard InChI is InChI=1S/C8H20N2O/c1-3-7(11)4-6(2)8(10)5-9/h6-8,11H,3-5,9-10H2,1-2H3. The molecule has 11 heavy (non-hydrogen) atoms. The van der Waals surface area contributed by atoms with Gasteiger partial charge in [-0.25, -0.2) is 0 Å². The van der Waals surface area contributed by atoms with Crippen LogP contribution < -0.4 is 11.5 Å². The van der Waals surface area contributed by atoms with E-state index in [0.717, 1.165) is 12.8 Å². The largest absolute Gasteiger partial charge is 0.393 e. The SMILES string of the molecule is CCC(O)CC(C)C(N)CN. The molecule has 0 aliphatic heterocycles. The summed E-state index contributed by atoms with van der Waals surface area (Å²) in [5, 5.41) is 9.28. The molecule has 0 aromatic heterocycles. The maximum atomic E-state index is 9.28. The maximum Gasteiger partial charge on any atom is 0.0540 e. The molecule has 0 aliphatic carbocycles. The topological polar surface area (TPSA) is 72.3 Å². The van der Waals surface area contributed by atoms with Gasteiger partial charge in [0.15, 0.2) is 0 Å². The summed E-state index contributed by atoms with van der Waals surface area (Å²) in [6.45, 7) is 4.49. The lowest BCUT2D eigenvalue weighted by atomic mass is 9.95. The van der Waals surface area contributed by atoms with Crippen molar-refractivity contribution in [2.24, 2.45) is 17.4 Å². The Morgan fingerprint density at radius 1 is 1.45 bits per heavy atom. The van der Waals surface area contributed by atoms with Crippen LogP contribution in [0.5, 0.6) is 0 Å². The predicted octanol–water partition coefficient (Wildman–Crippen LogP) is 0.0695. The summed E-state index contributed by atoms with van der Waals surface area (Å²) in [5.74, 6) is 0.315. The zero-order chi connectivity index (χ0) is 8.85. The van der Waals surface area contributed by atoms with Crippen LogP contribution in [0.4, 0.5) is 0 Å². The minimum Gasteiger partial charge on any atom is -0.393 e. The Bertz CT molecular complexity index is 98.1. The molecule has 0 radical (unpaired) electrons. The minimum absolute atomic E-state index is 0.0243. The average molecular weight is 160 g/mol. The van der Waals surface area contributed by atoms with Gasteiger partial charge in [-0.05, 0) is 18.8 Å². The Kier molecular flexibility index (Phi) is 5.46. The van der Waals surface area contributed by atoms with Gasteiger partial charge < -0.3 is 16.6 Å². The fraction of sp³-hybridized carbons (Fsp3) is 1.00. The van der Waals surface area contributed by atoms with Crippen LogP contribution in [0, 0.1) is 5.92 Å². The van der Waals surface area contributed by atoms with Gasteiger partial charge in [-0.3, -0.25) is 0 Å². The zero-order valence-corrected chi connectivity index (χ0v) is 7.46. The predicted molar refractivity (Wildman–Crippen MR) is 47.1 cm³/mol. The second-order valence-corrected chi connectivity index (χ2v) is 3.17. The van der Waals surface area contributed by atoms with Gasteiger partial charge in [-0.15, -0.1) is 0 Å². The van der Waals surface area contributed by atoms with E-state index >= 15 is 0 Å². The molecule has 0 fully saturated rings. The molecule has 0 bridgehead atoms. The highest BCUT2D eigenvalue weighted by molar-refractivity contribution is 4.72. The molecule has 68 valence electrons. The molecule has 0 saturated carbocycles. The van der Waals surface area contributed by atoms with Crippen molar-refractivity contribution >= 4 is 0 Å². The van der Waals surface area contributed by atoms with Gasteiger partial charge in [0.05, 0.1) is 6.10 Å².